The van der Waals surface area contributed by atoms with Crippen molar-refractivity contribution in [2.45, 2.75) is 13.8 Å². The predicted octanol–water partition coefficient (Wildman–Crippen LogP) is 5.45. The van der Waals surface area contributed by atoms with E-state index in [-0.39, 0.29) is 15.9 Å². The van der Waals surface area contributed by atoms with Crippen LogP contribution in [-0.2, 0) is 9.09 Å². The van der Waals surface area contributed by atoms with Gasteiger partial charge < -0.3 is 14.7 Å². The molecule has 28 heavy (non-hydrogen) atoms. The standard InChI is InChI=1S/C20H19FNO4PS/c1-12-4-7-14(8-5-12)18-11-16(19(28-18)20(23)24)22-27(25,26-3)17-9-6-13(2)10-15(17)21/h4-11H,1-3H3,(H,22,25)(H,23,24). The van der Waals surface area contributed by atoms with Gasteiger partial charge in [-0.1, -0.05) is 35.9 Å². The SMILES string of the molecule is COP(=O)(Nc1cc(-c2ccc(C)cc2)sc1C(=O)O)c1ccc(C)cc1F. The maximum absolute atomic E-state index is 14.4. The van der Waals surface area contributed by atoms with Gasteiger partial charge >= 0.3 is 13.5 Å². The highest BCUT2D eigenvalue weighted by Gasteiger charge is 2.31. The van der Waals surface area contributed by atoms with Crippen molar-refractivity contribution >= 4 is 35.8 Å². The number of aromatic carboxylic acids is 1. The number of hydrogen-bond donors (Lipinski definition) is 2. The first kappa shape index (κ1) is 20.3. The Morgan fingerprint density at radius 2 is 1.75 bits per heavy atom. The van der Waals surface area contributed by atoms with E-state index < -0.39 is 19.3 Å². The van der Waals surface area contributed by atoms with E-state index in [1.807, 2.05) is 31.2 Å². The molecule has 1 unspecified atom stereocenters. The molecule has 0 amide bonds. The zero-order valence-electron chi connectivity index (χ0n) is 15.5. The molecule has 0 aliphatic rings. The molecule has 2 aromatic carbocycles. The first-order chi connectivity index (χ1) is 13.2. The summed E-state index contributed by atoms with van der Waals surface area (Å²) in [5.74, 6) is -1.85. The van der Waals surface area contributed by atoms with Crippen LogP contribution in [0.1, 0.15) is 20.8 Å². The summed E-state index contributed by atoms with van der Waals surface area (Å²) in [6, 6.07) is 13.5. The highest BCUT2D eigenvalue weighted by molar-refractivity contribution is 7.68. The van der Waals surface area contributed by atoms with E-state index in [1.165, 1.54) is 19.2 Å². The number of thiophene rings is 1. The monoisotopic (exact) mass is 419 g/mol. The molecule has 5 nitrogen and oxygen atoms in total. The number of rotatable bonds is 6. The molecule has 3 aromatic rings. The third kappa shape index (κ3) is 4.02. The van der Waals surface area contributed by atoms with Gasteiger partial charge in [-0.2, -0.15) is 0 Å². The Balaban J connectivity index is 2.05. The number of benzene rings is 2. The number of carbonyl (C=O) groups is 1. The van der Waals surface area contributed by atoms with Crippen molar-refractivity contribution in [2.75, 3.05) is 12.2 Å². The quantitative estimate of drug-likeness (QED) is 0.520. The normalized spacial score (nSPS) is 13.1. The van der Waals surface area contributed by atoms with Crippen molar-refractivity contribution in [1.29, 1.82) is 0 Å². The van der Waals surface area contributed by atoms with Gasteiger partial charge in [0.15, 0.2) is 0 Å². The van der Waals surface area contributed by atoms with E-state index in [0.717, 1.165) is 22.5 Å². The Kier molecular flexibility index (Phi) is 5.70. The lowest BCUT2D eigenvalue weighted by Gasteiger charge is -2.19. The van der Waals surface area contributed by atoms with E-state index in [9.17, 15) is 18.9 Å². The van der Waals surface area contributed by atoms with Gasteiger partial charge in [0.2, 0.25) is 0 Å². The van der Waals surface area contributed by atoms with Crippen LogP contribution >= 0.6 is 18.9 Å². The molecule has 2 N–H and O–H groups in total. The van der Waals surface area contributed by atoms with Gasteiger partial charge in [-0.05, 0) is 43.2 Å². The number of anilines is 1. The number of carboxylic acid groups (broad SMARTS) is 1. The van der Waals surface area contributed by atoms with Gasteiger partial charge in [0.05, 0.1) is 11.0 Å². The number of nitrogens with one attached hydrogen (secondary N) is 1. The smallest absolute Gasteiger partial charge is 0.348 e. The largest absolute Gasteiger partial charge is 0.477 e. The average molecular weight is 419 g/mol. The molecule has 1 heterocycles. The Morgan fingerprint density at radius 1 is 1.11 bits per heavy atom. The first-order valence-corrected chi connectivity index (χ1v) is 10.8. The molecule has 0 aliphatic heterocycles. The summed E-state index contributed by atoms with van der Waals surface area (Å²) < 4.78 is 32.8. The Bertz CT molecular complexity index is 1080. The summed E-state index contributed by atoms with van der Waals surface area (Å²) in [4.78, 5) is 12.4. The van der Waals surface area contributed by atoms with E-state index in [2.05, 4.69) is 5.09 Å². The minimum Gasteiger partial charge on any atom is -0.477 e. The van der Waals surface area contributed by atoms with Gasteiger partial charge in [0, 0.05) is 12.0 Å². The summed E-state index contributed by atoms with van der Waals surface area (Å²) in [7, 11) is -2.67. The molecule has 3 rings (SSSR count). The highest BCUT2D eigenvalue weighted by Crippen LogP contribution is 2.48. The molecule has 0 bridgehead atoms. The molecule has 146 valence electrons. The fourth-order valence-corrected chi connectivity index (χ4v) is 5.26. The topological polar surface area (TPSA) is 75.6 Å². The van der Waals surface area contributed by atoms with Crippen molar-refractivity contribution < 1.29 is 23.4 Å². The second-order valence-corrected chi connectivity index (χ2v) is 9.55. The molecule has 0 saturated heterocycles. The fraction of sp³-hybridized carbons (Fsp3) is 0.150. The molecular weight excluding hydrogens is 400 g/mol. The van der Waals surface area contributed by atoms with Crippen molar-refractivity contribution in [3.8, 4) is 10.4 Å². The molecule has 0 saturated carbocycles. The maximum atomic E-state index is 14.4. The highest BCUT2D eigenvalue weighted by atomic mass is 32.1. The fourth-order valence-electron chi connectivity index (χ4n) is 2.71. The molecule has 1 atom stereocenters. The van der Waals surface area contributed by atoms with E-state index in [0.29, 0.717) is 10.4 Å². The maximum Gasteiger partial charge on any atom is 0.348 e. The van der Waals surface area contributed by atoms with Crippen LogP contribution < -0.4 is 10.4 Å². The van der Waals surface area contributed by atoms with Crippen molar-refractivity contribution in [1.82, 2.24) is 0 Å². The summed E-state index contributed by atoms with van der Waals surface area (Å²) >= 11 is 1.05. The number of hydrogen-bond acceptors (Lipinski definition) is 4. The van der Waals surface area contributed by atoms with E-state index >= 15 is 0 Å². The third-order valence-electron chi connectivity index (χ3n) is 4.21. The minimum atomic E-state index is -3.87. The molecule has 1 aromatic heterocycles. The van der Waals surface area contributed by atoms with E-state index in [1.54, 1.807) is 19.1 Å². The predicted molar refractivity (Wildman–Crippen MR) is 110 cm³/mol. The molecule has 0 radical (unpaired) electrons. The first-order valence-electron chi connectivity index (χ1n) is 8.38. The summed E-state index contributed by atoms with van der Waals surface area (Å²) in [5, 5.41) is 12.1. The number of aryl methyl sites for hydroxylation is 2. The van der Waals surface area contributed by atoms with Crippen LogP contribution in [0.5, 0.6) is 0 Å². The van der Waals surface area contributed by atoms with Gasteiger partial charge in [-0.3, -0.25) is 4.57 Å². The van der Waals surface area contributed by atoms with Crippen LogP contribution in [0.25, 0.3) is 10.4 Å². The van der Waals surface area contributed by atoms with Crippen molar-refractivity contribution in [2.24, 2.45) is 0 Å². The second-order valence-electron chi connectivity index (χ2n) is 6.33. The van der Waals surface area contributed by atoms with Crippen LogP contribution in [0.3, 0.4) is 0 Å². The lowest BCUT2D eigenvalue weighted by molar-refractivity contribution is 0.0703. The average Bonchev–Trinajstić information content (AvgIpc) is 3.06. The molecule has 8 heteroatoms. The van der Waals surface area contributed by atoms with Crippen molar-refractivity contribution in [3.63, 3.8) is 0 Å². The van der Waals surface area contributed by atoms with Gasteiger partial charge in [-0.15, -0.1) is 11.3 Å². The zero-order chi connectivity index (χ0) is 20.5. The number of halogens is 1. The molecule has 0 fully saturated rings. The summed E-state index contributed by atoms with van der Waals surface area (Å²) in [6.45, 7) is 3.67. The lowest BCUT2D eigenvalue weighted by Crippen LogP contribution is -2.17. The second kappa shape index (κ2) is 7.87. The van der Waals surface area contributed by atoms with Crippen LogP contribution in [0.15, 0.2) is 48.5 Å². The van der Waals surface area contributed by atoms with Crippen LogP contribution in [-0.4, -0.2) is 18.2 Å². The Morgan fingerprint density at radius 3 is 2.32 bits per heavy atom. The van der Waals surface area contributed by atoms with Gasteiger partial charge in [0.25, 0.3) is 0 Å². The molecule has 0 spiro atoms. The van der Waals surface area contributed by atoms with Crippen LogP contribution in [0.4, 0.5) is 10.1 Å². The minimum absolute atomic E-state index is 0.0274. The Labute approximate surface area is 166 Å². The molecule has 0 aliphatic carbocycles. The third-order valence-corrected chi connectivity index (χ3v) is 7.43. The lowest BCUT2D eigenvalue weighted by atomic mass is 10.1. The van der Waals surface area contributed by atoms with E-state index in [4.69, 9.17) is 4.52 Å². The van der Waals surface area contributed by atoms with Gasteiger partial charge in [-0.25, -0.2) is 9.18 Å². The Hall–Kier alpha value is -2.47. The summed E-state index contributed by atoms with van der Waals surface area (Å²) in [6.07, 6.45) is 0. The zero-order valence-corrected chi connectivity index (χ0v) is 17.2. The van der Waals surface area contributed by atoms with Crippen molar-refractivity contribution in [3.05, 3.63) is 70.4 Å². The number of carboxylic acids is 1. The van der Waals surface area contributed by atoms with Crippen LogP contribution in [0.2, 0.25) is 0 Å². The van der Waals surface area contributed by atoms with Crippen LogP contribution in [0, 0.1) is 19.7 Å². The molecular formula is C20H19FNO4PS. The van der Waals surface area contributed by atoms with Gasteiger partial charge in [0.1, 0.15) is 10.7 Å². The summed E-state index contributed by atoms with van der Waals surface area (Å²) in [5.41, 5.74) is 2.71.